The van der Waals surface area contributed by atoms with E-state index in [-0.39, 0.29) is 176 Å². The van der Waals surface area contributed by atoms with E-state index in [1.54, 1.807) is 144 Å². The Morgan fingerprint density at radius 3 is 0.879 bits per heavy atom. The van der Waals surface area contributed by atoms with Gasteiger partial charge in [0, 0.05) is 16.2 Å². The molecule has 0 aromatic heterocycles. The number of benzene rings is 8. The third kappa shape index (κ3) is 52.8. The number of carbonyl (C=O) groups excluding carboxylic acids is 7. The molecule has 1 aliphatic heterocycles. The van der Waals surface area contributed by atoms with Crippen LogP contribution in [0.15, 0.2) is 182 Å². The van der Waals surface area contributed by atoms with E-state index in [9.17, 15) is 79.2 Å². The zero-order chi connectivity index (χ0) is 92.8. The molecular weight excluding hydrogens is 2020 g/mol. The number of amides is 4. The number of nitrogens with one attached hydrogen (secondary N) is 4. The van der Waals surface area contributed by atoms with Crippen molar-refractivity contribution in [3.63, 3.8) is 0 Å². The molecule has 0 spiro atoms. The van der Waals surface area contributed by atoms with Crippen LogP contribution < -0.4 is 26.7 Å². The standard InChI is InChI=1S/C27H26BF2NO6.C23H27F2NO5.C16H22FNO5.C9H17NO5.2C7H6BrF.8H2S/c1-16-23(12-7-20-15-37-28(34)24(16)20)26(32)31-25(17(2)35-13-18-3-8-21(29)9-4-18)27(33)36-14-19-5-10-22(30)11-6-19;1-15(29-13-16-5-9-18(24)10-6-16)20(26-22(28)31-23(2,3)4)21(27)30-14-17-7-11-19(25)12-8-17;1-10(19)13(18-15(21)23-16(2,3)4)14(20)22-9-11-5-7-12(17)8-6-11;1-5(11)6(7(12)13)10-8(14)15-9(2,3)4;2*8-5-6-1-3-7(9)4-2-6;;;;;;;;/h3-12,17,25,34H,13-15H2,1-2H3,(H,31,32);5-12,15,20H,13-14H2,1-4H3,(H,26,28);5-8,10,13,19H,9H2,1-4H3,(H,18,21);5-6,11H,1-4H3,(H,10,14)(H,12,13);2*1-4H,5H2;8*1H2/t17-,25-;15-,20-;10-,13-;5-,6-;;;;;;;;;;/m0000........../s1. The van der Waals surface area contributed by atoms with Gasteiger partial charge in [0.1, 0.15) is 77.3 Å². The molecule has 0 unspecified atom stereocenters. The lowest BCUT2D eigenvalue weighted by atomic mass is 9.75. The van der Waals surface area contributed by atoms with Crippen molar-refractivity contribution in [1.29, 1.82) is 0 Å². The molecule has 0 bridgehead atoms. The van der Waals surface area contributed by atoms with Crippen LogP contribution in [-0.2, 0) is 112 Å². The average Bonchev–Trinajstić information content (AvgIpc) is 1.61. The second-order valence-corrected chi connectivity index (χ2v) is 31.7. The Bertz CT molecular complexity index is 4670. The van der Waals surface area contributed by atoms with Crippen LogP contribution in [0.2, 0.25) is 0 Å². The summed E-state index contributed by atoms with van der Waals surface area (Å²) in [5.74, 6) is -6.48. The Hall–Kier alpha value is -7.99. The Labute approximate surface area is 838 Å². The summed E-state index contributed by atoms with van der Waals surface area (Å²) in [5.41, 5.74) is 5.25. The Kier molecular flexibility index (Phi) is 66.7. The van der Waals surface area contributed by atoms with Crippen LogP contribution in [0.25, 0.3) is 0 Å². The van der Waals surface area contributed by atoms with Gasteiger partial charge in [-0.1, -0.05) is 123 Å². The third-order valence-corrected chi connectivity index (χ3v) is 17.9. The molecular formula is C89H120BBr2F7N4O21S8. The van der Waals surface area contributed by atoms with E-state index < -0.39 is 138 Å². The molecule has 8 aromatic carbocycles. The normalized spacial score (nSPS) is 12.5. The molecule has 736 valence electrons. The first kappa shape index (κ1) is 132. The van der Waals surface area contributed by atoms with E-state index >= 15 is 0 Å². The first-order valence-corrected chi connectivity index (χ1v) is 40.7. The molecule has 0 radical (unpaired) electrons. The van der Waals surface area contributed by atoms with Gasteiger partial charge in [-0.15, -0.1) is 0 Å². The molecule has 25 nitrogen and oxygen atoms in total. The topological polar surface area (TPSA) is 349 Å². The van der Waals surface area contributed by atoms with Crippen molar-refractivity contribution < 1.29 is 132 Å². The minimum atomic E-state index is -1.36. The van der Waals surface area contributed by atoms with Gasteiger partial charge in [-0.05, 0) is 243 Å². The van der Waals surface area contributed by atoms with Crippen molar-refractivity contribution in [2.45, 2.75) is 213 Å². The van der Waals surface area contributed by atoms with Crippen molar-refractivity contribution in [3.05, 3.63) is 278 Å². The highest BCUT2D eigenvalue weighted by atomic mass is 79.9. The molecule has 8 aromatic rings. The van der Waals surface area contributed by atoms with E-state index in [0.29, 0.717) is 38.8 Å². The van der Waals surface area contributed by atoms with Gasteiger partial charge in [0.15, 0.2) is 24.2 Å². The number of aliphatic hydroxyl groups excluding tert-OH is 2. The number of carboxylic acid groups (broad SMARTS) is 1. The molecule has 0 saturated heterocycles. The number of esters is 3. The lowest BCUT2D eigenvalue weighted by Gasteiger charge is -2.26. The number of aliphatic hydroxyl groups is 2. The van der Waals surface area contributed by atoms with Crippen molar-refractivity contribution in [2.75, 3.05) is 0 Å². The second-order valence-electron chi connectivity index (χ2n) is 30.6. The zero-order valence-corrected chi connectivity index (χ0v) is 86.0. The average molecular weight is 2140 g/mol. The lowest BCUT2D eigenvalue weighted by Crippen LogP contribution is -2.50. The number of hydrogen-bond acceptors (Lipinski definition) is 20. The molecule has 1 heterocycles. The maximum absolute atomic E-state index is 13.2. The maximum atomic E-state index is 13.2. The SMILES string of the molecule is C[C@H](O)[C@H](NC(=O)OC(C)(C)C)C(=O)O.C[C@H](O)[C@H](NC(=O)OC(C)(C)C)C(=O)OCc1ccc(F)cc1.C[C@H](OCc1ccc(F)cc1)[C@H](NC(=O)OC(C)(C)C)C(=O)OCc1ccc(F)cc1.Cc1c(C(=O)N[C@H](C(=O)OCc2ccc(F)cc2)[C@H](C)OCc2ccc(F)cc2)ccc2c1B(O)OC2.Fc1ccc(CBr)cc1.Fc1ccc(CBr)cc1.S.S.S.S.S.S.S.S. The Morgan fingerprint density at radius 1 is 0.379 bits per heavy atom. The summed E-state index contributed by atoms with van der Waals surface area (Å²) in [7, 11) is -1.13. The fraction of sp³-hybridized carbons (Fsp3) is 0.371. The van der Waals surface area contributed by atoms with Crippen molar-refractivity contribution >= 4 is 200 Å². The number of alkyl carbamates (subject to hydrolysis) is 3. The molecule has 0 aliphatic carbocycles. The number of carboxylic acids is 1. The van der Waals surface area contributed by atoms with Crippen molar-refractivity contribution in [2.24, 2.45) is 0 Å². The summed E-state index contributed by atoms with van der Waals surface area (Å²) in [6.07, 6.45) is -6.44. The quantitative estimate of drug-likeness (QED) is 0.00779. The minimum Gasteiger partial charge on any atom is -0.480 e. The molecule has 9 rings (SSSR count). The number of carbonyl (C=O) groups is 8. The molecule has 132 heavy (non-hydrogen) atoms. The molecule has 43 heteroatoms. The molecule has 0 saturated carbocycles. The fourth-order valence-corrected chi connectivity index (χ4v) is 11.0. The second kappa shape index (κ2) is 66.4. The predicted molar refractivity (Wildman–Crippen MR) is 536 cm³/mol. The number of aliphatic carboxylic acids is 1. The van der Waals surface area contributed by atoms with Crippen LogP contribution in [0, 0.1) is 47.6 Å². The van der Waals surface area contributed by atoms with Crippen molar-refractivity contribution in [3.8, 4) is 0 Å². The van der Waals surface area contributed by atoms with Crippen LogP contribution >= 0.6 is 140 Å². The predicted octanol–water partition coefficient (Wildman–Crippen LogP) is 16.3. The largest absolute Gasteiger partial charge is 0.492 e. The van der Waals surface area contributed by atoms with E-state index in [2.05, 4.69) is 53.1 Å². The van der Waals surface area contributed by atoms with Crippen LogP contribution in [0.4, 0.5) is 45.1 Å². The molecule has 4 amide bonds. The summed E-state index contributed by atoms with van der Waals surface area (Å²) in [6, 6.07) is 39.1. The highest BCUT2D eigenvalue weighted by molar-refractivity contribution is 9.08. The molecule has 0 fully saturated rings. The maximum Gasteiger partial charge on any atom is 0.492 e. The summed E-state index contributed by atoms with van der Waals surface area (Å²) in [5, 5.41) is 48.6. The van der Waals surface area contributed by atoms with Crippen molar-refractivity contribution in [1.82, 2.24) is 21.3 Å². The van der Waals surface area contributed by atoms with Crippen LogP contribution in [-0.4, -0.2) is 141 Å². The van der Waals surface area contributed by atoms with Gasteiger partial charge in [0.2, 0.25) is 0 Å². The fourth-order valence-electron chi connectivity index (χ4n) is 10.2. The number of ether oxygens (including phenoxy) is 8. The lowest BCUT2D eigenvalue weighted by molar-refractivity contribution is -0.152. The smallest absolute Gasteiger partial charge is 0.480 e. The summed E-state index contributed by atoms with van der Waals surface area (Å²) < 4.78 is 137. The van der Waals surface area contributed by atoms with Crippen LogP contribution in [0.3, 0.4) is 0 Å². The first-order chi connectivity index (χ1) is 58.1. The molecule has 8 atom stereocenters. The van der Waals surface area contributed by atoms with Gasteiger partial charge in [0.25, 0.3) is 5.91 Å². The monoisotopic (exact) mass is 2140 g/mol. The summed E-state index contributed by atoms with van der Waals surface area (Å²) in [6.45, 7) is 22.7. The Balaban J connectivity index is -0.000000514. The van der Waals surface area contributed by atoms with Gasteiger partial charge in [-0.25, -0.2) is 64.3 Å². The number of hydrogen-bond donors (Lipinski definition) is 8. The third-order valence-electron chi connectivity index (χ3n) is 16.6. The minimum absolute atomic E-state index is 0. The Morgan fingerprint density at radius 2 is 0.621 bits per heavy atom. The van der Waals surface area contributed by atoms with Gasteiger partial charge in [-0.3, -0.25) is 4.79 Å². The van der Waals surface area contributed by atoms with Gasteiger partial charge in [-0.2, -0.15) is 108 Å². The van der Waals surface area contributed by atoms with Crippen LogP contribution in [0.1, 0.15) is 150 Å². The zero-order valence-electron chi connectivity index (χ0n) is 74.8. The first-order valence-electron chi connectivity index (χ1n) is 38.5. The van der Waals surface area contributed by atoms with E-state index in [4.69, 9.17) is 52.8 Å². The number of alkyl halides is 2. The highest BCUT2D eigenvalue weighted by Gasteiger charge is 2.36. The van der Waals surface area contributed by atoms with E-state index in [1.165, 1.54) is 135 Å². The number of fused-ring (bicyclic) bond motifs is 1. The molecule has 8 N–H and O–H groups in total. The van der Waals surface area contributed by atoms with Crippen LogP contribution in [0.5, 0.6) is 0 Å². The highest BCUT2D eigenvalue weighted by Crippen LogP contribution is 2.21. The van der Waals surface area contributed by atoms with Gasteiger partial charge < -0.3 is 84.2 Å². The van der Waals surface area contributed by atoms with Gasteiger partial charge in [0.05, 0.1) is 44.2 Å². The molecule has 1 aliphatic rings. The van der Waals surface area contributed by atoms with Gasteiger partial charge >= 0.3 is 49.3 Å². The number of halogens is 9. The summed E-state index contributed by atoms with van der Waals surface area (Å²) in [4.78, 5) is 96.7. The van der Waals surface area contributed by atoms with E-state index in [1.807, 2.05) is 0 Å². The number of rotatable bonds is 27. The van der Waals surface area contributed by atoms with E-state index in [0.717, 1.165) is 27.4 Å². The summed E-state index contributed by atoms with van der Waals surface area (Å²) >= 11 is 6.52.